The van der Waals surface area contributed by atoms with Gasteiger partial charge in [0.1, 0.15) is 0 Å². The number of rotatable bonds is 1. The zero-order valence-corrected chi connectivity index (χ0v) is 3.62. The molecule has 0 saturated heterocycles. The van der Waals surface area contributed by atoms with Crippen molar-refractivity contribution < 1.29 is 18.3 Å². The third-order valence-electron chi connectivity index (χ3n) is 0.399. The fraction of sp³-hybridized carbons (Fsp3) is 1.00. The van der Waals surface area contributed by atoms with Crippen LogP contribution in [0, 0.1) is 0 Å². The summed E-state index contributed by atoms with van der Waals surface area (Å²) in [6.07, 6.45) is -3.28. The monoisotopic (exact) mass is 113 g/mol. The molecule has 1 atom stereocenters. The highest BCUT2D eigenvalue weighted by Crippen LogP contribution is 2.17. The Morgan fingerprint density at radius 3 is 1.71 bits per heavy atom. The van der Waals surface area contributed by atoms with Crippen molar-refractivity contribution in [3.63, 3.8) is 0 Å². The molecule has 0 saturated carbocycles. The minimum atomic E-state index is -3.72. The van der Waals surface area contributed by atoms with Gasteiger partial charge < -0.3 is 0 Å². The summed E-state index contributed by atoms with van der Waals surface area (Å²) < 4.78 is 33.2. The molecular weight excluding hydrogens is 109 g/mol. The minimum absolute atomic E-state index is 0.241. The highest BCUT2D eigenvalue weighted by atomic mass is 19.3. The van der Waals surface area contributed by atoms with E-state index in [1.54, 1.807) is 0 Å². The Morgan fingerprint density at radius 1 is 1.57 bits per heavy atom. The summed E-state index contributed by atoms with van der Waals surface area (Å²) in [5.41, 5.74) is 0. The van der Waals surface area contributed by atoms with Gasteiger partial charge in [0, 0.05) is 6.92 Å². The van der Waals surface area contributed by atoms with Crippen LogP contribution in [0.3, 0.4) is 0 Å². The first kappa shape index (κ1) is 6.75. The van der Waals surface area contributed by atoms with Crippen molar-refractivity contribution in [3.8, 4) is 0 Å². The van der Waals surface area contributed by atoms with Crippen LogP contribution in [0.15, 0.2) is 0 Å². The lowest BCUT2D eigenvalue weighted by atomic mass is 10.4. The lowest BCUT2D eigenvalue weighted by Crippen LogP contribution is -2.23. The van der Waals surface area contributed by atoms with E-state index >= 15 is 0 Å². The van der Waals surface area contributed by atoms with Crippen molar-refractivity contribution in [2.75, 3.05) is 0 Å². The number of hydrogen-bond acceptors (Lipinski definition) is 0. The molecule has 0 N–H and O–H groups in total. The van der Waals surface area contributed by atoms with Gasteiger partial charge in [0.15, 0.2) is 0 Å². The molecule has 0 amide bonds. The Labute approximate surface area is 38.8 Å². The summed E-state index contributed by atoms with van der Waals surface area (Å²) in [6.45, 7) is 0.241. The van der Waals surface area contributed by atoms with Crippen molar-refractivity contribution in [1.29, 1.82) is 0 Å². The molecule has 0 heterocycles. The van der Waals surface area contributed by atoms with Gasteiger partial charge >= 0.3 is 5.92 Å². The molecule has 43 valence electrons. The van der Waals surface area contributed by atoms with E-state index in [1.807, 2.05) is 0 Å². The smallest absolute Gasteiger partial charge is 0.206 e. The predicted molar refractivity (Wildman–Crippen MR) is 16.2 cm³/mol. The maximum absolute atomic E-state index is 11.2. The van der Waals surface area contributed by atoms with Crippen LogP contribution in [0.25, 0.3) is 0 Å². The highest BCUT2D eigenvalue weighted by molar-refractivity contribution is 4.57. The van der Waals surface area contributed by atoms with Crippen LogP contribution in [-0.4, -0.2) is 12.3 Å². The maximum atomic E-state index is 11.2. The molecule has 0 aliphatic heterocycles. The molecule has 0 aromatic carbocycles. The highest BCUT2D eigenvalue weighted by Gasteiger charge is 2.33. The van der Waals surface area contributed by atoms with E-state index < -0.39 is 12.3 Å². The molecule has 0 aliphatic carbocycles. The third kappa shape index (κ3) is 2.45. The standard InChI is InChI=1S/C3H4F3O/c1-3(5,6)2(4)7/h2H,1H3. The second-order valence-corrected chi connectivity index (χ2v) is 1.27. The first-order chi connectivity index (χ1) is 2.94. The molecule has 0 rings (SSSR count). The van der Waals surface area contributed by atoms with Gasteiger partial charge in [-0.3, -0.25) is 0 Å². The molecule has 0 aliphatic rings. The van der Waals surface area contributed by atoms with Crippen LogP contribution >= 0.6 is 0 Å². The molecule has 1 nitrogen and oxygen atoms in total. The molecule has 0 spiro atoms. The Morgan fingerprint density at radius 2 is 1.71 bits per heavy atom. The van der Waals surface area contributed by atoms with Crippen LogP contribution in [0.4, 0.5) is 13.2 Å². The average molecular weight is 113 g/mol. The summed E-state index contributed by atoms with van der Waals surface area (Å²) in [4.78, 5) is 0. The summed E-state index contributed by atoms with van der Waals surface area (Å²) in [5, 5.41) is 9.13. The van der Waals surface area contributed by atoms with Crippen molar-refractivity contribution in [1.82, 2.24) is 0 Å². The van der Waals surface area contributed by atoms with E-state index in [-0.39, 0.29) is 6.92 Å². The molecule has 0 fully saturated rings. The SMILES string of the molecule is CC(F)(F)C([O])F. The van der Waals surface area contributed by atoms with Crippen LogP contribution in [0.1, 0.15) is 6.92 Å². The van der Waals surface area contributed by atoms with Crippen LogP contribution < -0.4 is 0 Å². The first-order valence-electron chi connectivity index (χ1n) is 1.62. The Kier molecular flexibility index (Phi) is 1.63. The van der Waals surface area contributed by atoms with Crippen molar-refractivity contribution in [2.24, 2.45) is 0 Å². The maximum Gasteiger partial charge on any atom is 0.302 e. The molecule has 4 heteroatoms. The first-order valence-corrected chi connectivity index (χ1v) is 1.62. The second-order valence-electron chi connectivity index (χ2n) is 1.27. The molecule has 1 radical (unpaired) electrons. The van der Waals surface area contributed by atoms with Gasteiger partial charge in [-0.25, -0.2) is 13.2 Å². The quantitative estimate of drug-likeness (QED) is 0.489. The lowest BCUT2D eigenvalue weighted by Gasteiger charge is -2.05. The van der Waals surface area contributed by atoms with Crippen LogP contribution in [-0.2, 0) is 5.11 Å². The number of alkyl halides is 3. The topological polar surface area (TPSA) is 19.9 Å². The van der Waals surface area contributed by atoms with Gasteiger partial charge in [-0.15, -0.1) is 0 Å². The van der Waals surface area contributed by atoms with Crippen molar-refractivity contribution in [2.45, 2.75) is 19.2 Å². The third-order valence-corrected chi connectivity index (χ3v) is 0.399. The number of halogens is 3. The van der Waals surface area contributed by atoms with Gasteiger partial charge in [0.25, 0.3) is 6.36 Å². The van der Waals surface area contributed by atoms with E-state index in [4.69, 9.17) is 5.11 Å². The van der Waals surface area contributed by atoms with E-state index in [2.05, 4.69) is 0 Å². The summed E-state index contributed by atoms with van der Waals surface area (Å²) in [7, 11) is 0. The Balaban J connectivity index is 3.54. The van der Waals surface area contributed by atoms with E-state index in [1.165, 1.54) is 0 Å². The van der Waals surface area contributed by atoms with E-state index in [9.17, 15) is 13.2 Å². The Bertz CT molecular complexity index is 55.7. The van der Waals surface area contributed by atoms with Gasteiger partial charge in [-0.1, -0.05) is 0 Å². The molecule has 0 aromatic heterocycles. The van der Waals surface area contributed by atoms with E-state index in [0.29, 0.717) is 0 Å². The number of hydrogen-bond donors (Lipinski definition) is 0. The zero-order chi connectivity index (χ0) is 6.08. The normalized spacial score (nSPS) is 16.7. The van der Waals surface area contributed by atoms with E-state index in [0.717, 1.165) is 0 Å². The summed E-state index contributed by atoms with van der Waals surface area (Å²) >= 11 is 0. The van der Waals surface area contributed by atoms with Crippen LogP contribution in [0.2, 0.25) is 0 Å². The van der Waals surface area contributed by atoms with Crippen molar-refractivity contribution >= 4 is 0 Å². The fourth-order valence-corrected chi connectivity index (χ4v) is 0. The lowest BCUT2D eigenvalue weighted by molar-refractivity contribution is -0.186. The molecule has 1 unspecified atom stereocenters. The van der Waals surface area contributed by atoms with Gasteiger partial charge in [0.05, 0.1) is 0 Å². The molecular formula is C3H4F3O. The van der Waals surface area contributed by atoms with Crippen molar-refractivity contribution in [3.05, 3.63) is 0 Å². The van der Waals surface area contributed by atoms with Gasteiger partial charge in [-0.05, 0) is 0 Å². The second kappa shape index (κ2) is 1.69. The van der Waals surface area contributed by atoms with Gasteiger partial charge in [0.2, 0.25) is 0 Å². The summed E-state index contributed by atoms with van der Waals surface area (Å²) in [6, 6.07) is 0. The molecule has 0 aromatic rings. The average Bonchev–Trinajstić information content (AvgIpc) is 1.31. The zero-order valence-electron chi connectivity index (χ0n) is 3.62. The fourth-order valence-electron chi connectivity index (χ4n) is 0. The van der Waals surface area contributed by atoms with Crippen LogP contribution in [0.5, 0.6) is 0 Å². The largest absolute Gasteiger partial charge is 0.302 e. The predicted octanol–water partition coefficient (Wildman–Crippen LogP) is 1.37. The summed E-state index contributed by atoms with van der Waals surface area (Å²) in [5.74, 6) is -3.72. The molecule has 7 heavy (non-hydrogen) atoms. The molecule has 0 bridgehead atoms. The van der Waals surface area contributed by atoms with Gasteiger partial charge in [-0.2, -0.15) is 5.11 Å². The minimum Gasteiger partial charge on any atom is -0.206 e. The Hall–Kier alpha value is -0.250.